The Morgan fingerprint density at radius 3 is 0.940 bits per heavy atom. The zero-order valence-corrected chi connectivity index (χ0v) is 32.6. The molecule has 0 bridgehead atoms. The van der Waals surface area contributed by atoms with Crippen LogP contribution in [0.15, 0.2) is 140 Å². The predicted molar refractivity (Wildman–Crippen MR) is 226 cm³/mol. The maximum absolute atomic E-state index is 4.88. The number of rotatable bonds is 3. The van der Waals surface area contributed by atoms with Gasteiger partial charge in [0.1, 0.15) is 0 Å². The molecule has 8 rings (SSSR count). The number of hydrogen-bond donors (Lipinski definition) is 0. The molecule has 3 heterocycles. The van der Waals surface area contributed by atoms with Gasteiger partial charge in [-0.3, -0.25) is 4.98 Å². The SMILES string of the molecule is CC.CC.CC.CC.CC.CC.c1ccc2c(c1)c1ccccc1n2-c1ccc(-c2ccc(-n3c4ccccc4c4ccccc43)cn2)cc1. The molecule has 0 fully saturated rings. The summed E-state index contributed by atoms with van der Waals surface area (Å²) >= 11 is 0. The molecule has 0 unspecified atom stereocenters. The lowest BCUT2D eigenvalue weighted by atomic mass is 10.1. The second kappa shape index (κ2) is 21.7. The van der Waals surface area contributed by atoms with E-state index in [9.17, 15) is 0 Å². The monoisotopic (exact) mass is 665 g/mol. The van der Waals surface area contributed by atoms with Crippen LogP contribution in [0.4, 0.5) is 0 Å². The fourth-order valence-electron chi connectivity index (χ4n) is 5.87. The molecular weight excluding hydrogens is 607 g/mol. The Morgan fingerprint density at radius 1 is 0.320 bits per heavy atom. The average Bonchev–Trinajstić information content (AvgIpc) is 3.76. The van der Waals surface area contributed by atoms with Crippen LogP contribution < -0.4 is 0 Å². The maximum Gasteiger partial charge on any atom is 0.0703 e. The van der Waals surface area contributed by atoms with Crippen molar-refractivity contribution in [3.63, 3.8) is 0 Å². The molecule has 50 heavy (non-hydrogen) atoms. The Bertz CT molecular complexity index is 1850. The highest BCUT2D eigenvalue weighted by Crippen LogP contribution is 2.34. The fourth-order valence-corrected chi connectivity index (χ4v) is 5.87. The molecule has 3 heteroatoms. The Balaban J connectivity index is 0.000000659. The topological polar surface area (TPSA) is 22.8 Å². The van der Waals surface area contributed by atoms with Crippen molar-refractivity contribution in [1.82, 2.24) is 14.1 Å². The first-order chi connectivity index (χ1) is 24.9. The number of aromatic nitrogens is 3. The van der Waals surface area contributed by atoms with E-state index in [1.54, 1.807) is 0 Å². The number of nitrogens with zero attached hydrogens (tertiary/aromatic N) is 3. The number of para-hydroxylation sites is 4. The van der Waals surface area contributed by atoms with E-state index in [0.717, 1.165) is 22.6 Å². The van der Waals surface area contributed by atoms with E-state index < -0.39 is 0 Å². The van der Waals surface area contributed by atoms with Gasteiger partial charge in [-0.1, -0.05) is 168 Å². The van der Waals surface area contributed by atoms with E-state index in [1.165, 1.54) is 43.6 Å². The summed E-state index contributed by atoms with van der Waals surface area (Å²) in [6, 6.07) is 47.3. The minimum atomic E-state index is 0.961. The van der Waals surface area contributed by atoms with Crippen LogP contribution in [-0.2, 0) is 0 Å². The Hall–Kier alpha value is -5.15. The molecule has 0 saturated heterocycles. The van der Waals surface area contributed by atoms with Crippen LogP contribution in [0, 0.1) is 0 Å². The summed E-state index contributed by atoms with van der Waals surface area (Å²) in [7, 11) is 0. The van der Waals surface area contributed by atoms with Gasteiger partial charge < -0.3 is 9.13 Å². The van der Waals surface area contributed by atoms with Crippen molar-refractivity contribution in [2.75, 3.05) is 0 Å². The molecule has 0 spiro atoms. The second-order valence-corrected chi connectivity index (χ2v) is 9.69. The molecule has 3 aromatic heterocycles. The van der Waals surface area contributed by atoms with Gasteiger partial charge in [-0.05, 0) is 48.5 Å². The van der Waals surface area contributed by atoms with E-state index in [4.69, 9.17) is 4.98 Å². The quantitative estimate of drug-likeness (QED) is 0.184. The van der Waals surface area contributed by atoms with E-state index in [1.807, 2.05) is 89.3 Å². The van der Waals surface area contributed by atoms with Gasteiger partial charge in [-0.15, -0.1) is 0 Å². The van der Waals surface area contributed by atoms with Crippen LogP contribution in [0.3, 0.4) is 0 Å². The van der Waals surface area contributed by atoms with Crippen LogP contribution in [0.1, 0.15) is 83.1 Å². The Kier molecular flexibility index (Phi) is 17.8. The summed E-state index contributed by atoms with van der Waals surface area (Å²) in [6.45, 7) is 24.0. The largest absolute Gasteiger partial charge is 0.309 e. The van der Waals surface area contributed by atoms with Gasteiger partial charge in [0.2, 0.25) is 0 Å². The fraction of sp³-hybridized carbons (Fsp3) is 0.255. The van der Waals surface area contributed by atoms with Crippen molar-refractivity contribution in [2.24, 2.45) is 0 Å². The first-order valence-corrected chi connectivity index (χ1v) is 18.9. The minimum Gasteiger partial charge on any atom is -0.309 e. The van der Waals surface area contributed by atoms with Crippen molar-refractivity contribution in [2.45, 2.75) is 83.1 Å². The minimum absolute atomic E-state index is 0.961. The van der Waals surface area contributed by atoms with Crippen LogP contribution in [0.5, 0.6) is 0 Å². The van der Waals surface area contributed by atoms with Gasteiger partial charge in [-0.25, -0.2) is 0 Å². The molecule has 0 aliphatic rings. The van der Waals surface area contributed by atoms with E-state index >= 15 is 0 Å². The van der Waals surface area contributed by atoms with E-state index in [2.05, 4.69) is 143 Å². The van der Waals surface area contributed by atoms with E-state index in [0.29, 0.717) is 0 Å². The molecule has 0 amide bonds. The highest BCUT2D eigenvalue weighted by molar-refractivity contribution is 6.10. The lowest BCUT2D eigenvalue weighted by molar-refractivity contribution is 1.14. The third-order valence-corrected chi connectivity index (χ3v) is 7.59. The van der Waals surface area contributed by atoms with Crippen LogP contribution in [0.25, 0.3) is 66.2 Å². The first kappa shape index (κ1) is 41.0. The maximum atomic E-state index is 4.88. The summed E-state index contributed by atoms with van der Waals surface area (Å²) in [4.78, 5) is 4.88. The molecule has 0 N–H and O–H groups in total. The molecule has 0 saturated carbocycles. The van der Waals surface area contributed by atoms with E-state index in [-0.39, 0.29) is 0 Å². The van der Waals surface area contributed by atoms with Gasteiger partial charge >= 0.3 is 0 Å². The third kappa shape index (κ3) is 8.34. The normalized spacial score (nSPS) is 9.60. The molecule has 0 aliphatic carbocycles. The molecule has 0 radical (unpaired) electrons. The molecule has 262 valence electrons. The van der Waals surface area contributed by atoms with Gasteiger partial charge in [0.05, 0.1) is 39.6 Å². The summed E-state index contributed by atoms with van der Waals surface area (Å²) in [5.41, 5.74) is 9.09. The van der Waals surface area contributed by atoms with Gasteiger partial charge in [0.25, 0.3) is 0 Å². The van der Waals surface area contributed by atoms with Crippen LogP contribution in [0.2, 0.25) is 0 Å². The summed E-state index contributed by atoms with van der Waals surface area (Å²) < 4.78 is 4.64. The van der Waals surface area contributed by atoms with Gasteiger partial charge in [0, 0.05) is 32.8 Å². The zero-order chi connectivity index (χ0) is 37.1. The van der Waals surface area contributed by atoms with Crippen molar-refractivity contribution in [3.05, 3.63) is 140 Å². The van der Waals surface area contributed by atoms with Crippen LogP contribution >= 0.6 is 0 Å². The highest BCUT2D eigenvalue weighted by Gasteiger charge is 2.13. The molecular formula is C47H59N3. The lowest BCUT2D eigenvalue weighted by Gasteiger charge is -2.10. The lowest BCUT2D eigenvalue weighted by Crippen LogP contribution is -1.96. The van der Waals surface area contributed by atoms with Gasteiger partial charge in [0.15, 0.2) is 0 Å². The number of hydrogen-bond acceptors (Lipinski definition) is 1. The number of benzene rings is 5. The standard InChI is InChI=1S/C35H23N3.6C2H6/c1-5-13-32-27(9-1)28-10-2-6-14-33(28)37(32)25-19-17-24(18-20-25)31-22-21-26(23-36-31)38-34-15-7-3-11-29(34)30-12-4-8-16-35(30)38;6*1-2/h1-23H;6*1-2H3. The van der Waals surface area contributed by atoms with Crippen molar-refractivity contribution < 1.29 is 0 Å². The first-order valence-electron chi connectivity index (χ1n) is 18.9. The van der Waals surface area contributed by atoms with Crippen molar-refractivity contribution in [3.8, 4) is 22.6 Å². The average molecular weight is 666 g/mol. The highest BCUT2D eigenvalue weighted by atomic mass is 15.0. The molecule has 3 nitrogen and oxygen atoms in total. The summed E-state index contributed by atoms with van der Waals surface area (Å²) in [6.07, 6.45) is 1.98. The zero-order valence-electron chi connectivity index (χ0n) is 32.6. The Morgan fingerprint density at radius 2 is 0.620 bits per heavy atom. The summed E-state index contributed by atoms with van der Waals surface area (Å²) in [5, 5.41) is 5.06. The van der Waals surface area contributed by atoms with Crippen molar-refractivity contribution >= 4 is 43.6 Å². The number of fused-ring (bicyclic) bond motifs is 6. The molecule has 8 aromatic rings. The number of pyridine rings is 1. The molecule has 5 aromatic carbocycles. The molecule has 0 atom stereocenters. The Labute approximate surface area is 302 Å². The van der Waals surface area contributed by atoms with Crippen LogP contribution in [-0.4, -0.2) is 14.1 Å². The molecule has 0 aliphatic heterocycles. The van der Waals surface area contributed by atoms with Gasteiger partial charge in [-0.2, -0.15) is 0 Å². The second-order valence-electron chi connectivity index (χ2n) is 9.69. The smallest absolute Gasteiger partial charge is 0.0703 e. The third-order valence-electron chi connectivity index (χ3n) is 7.59. The van der Waals surface area contributed by atoms with Crippen molar-refractivity contribution in [1.29, 1.82) is 0 Å². The summed E-state index contributed by atoms with van der Waals surface area (Å²) in [5.74, 6) is 0. The predicted octanol–water partition coefficient (Wildman–Crippen LogP) is 15.1.